The summed E-state index contributed by atoms with van der Waals surface area (Å²) >= 11 is 0. The number of rotatable bonds is 7. The summed E-state index contributed by atoms with van der Waals surface area (Å²) in [5.41, 5.74) is 0.988. The van der Waals surface area contributed by atoms with E-state index in [-0.39, 0.29) is 10.8 Å². The third-order valence-electron chi connectivity index (χ3n) is 3.86. The zero-order valence-electron chi connectivity index (χ0n) is 13.0. The van der Waals surface area contributed by atoms with Crippen molar-refractivity contribution in [2.45, 2.75) is 43.9 Å². The Hall–Kier alpha value is -1.40. The zero-order valence-corrected chi connectivity index (χ0v) is 13.9. The van der Waals surface area contributed by atoms with Gasteiger partial charge in [0.05, 0.1) is 4.90 Å². The van der Waals surface area contributed by atoms with Crippen molar-refractivity contribution >= 4 is 15.9 Å². The Morgan fingerprint density at radius 2 is 1.82 bits per heavy atom. The summed E-state index contributed by atoms with van der Waals surface area (Å²) in [6, 6.07) is 6.79. The van der Waals surface area contributed by atoms with Gasteiger partial charge in [0.2, 0.25) is 15.9 Å². The summed E-state index contributed by atoms with van der Waals surface area (Å²) in [7, 11) is -3.41. The highest BCUT2D eigenvalue weighted by Gasteiger charge is 2.17. The first kappa shape index (κ1) is 17.0. The third-order valence-corrected chi connectivity index (χ3v) is 5.34. The van der Waals surface area contributed by atoms with Crippen LogP contribution in [0.25, 0.3) is 0 Å². The molecule has 1 aromatic rings. The molecular formula is C16H24N2O3S. The topological polar surface area (TPSA) is 66.5 Å². The van der Waals surface area contributed by atoms with Crippen LogP contribution >= 0.6 is 0 Å². The van der Waals surface area contributed by atoms with Gasteiger partial charge >= 0.3 is 0 Å². The summed E-state index contributed by atoms with van der Waals surface area (Å²) < 4.78 is 26.5. The number of carbonyl (C=O) groups excluding carboxylic acids is 1. The average Bonchev–Trinajstić information content (AvgIpc) is 3.05. The van der Waals surface area contributed by atoms with Crippen molar-refractivity contribution in [1.29, 1.82) is 0 Å². The maximum atomic E-state index is 12.0. The molecule has 0 unspecified atom stereocenters. The number of nitrogens with one attached hydrogen (secondary N) is 1. The van der Waals surface area contributed by atoms with E-state index in [4.69, 9.17) is 0 Å². The molecule has 1 aromatic carbocycles. The molecule has 0 saturated carbocycles. The van der Waals surface area contributed by atoms with Gasteiger partial charge in [-0.3, -0.25) is 4.79 Å². The molecule has 1 aliphatic rings. The highest BCUT2D eigenvalue weighted by molar-refractivity contribution is 7.89. The summed E-state index contributed by atoms with van der Waals surface area (Å²) in [4.78, 5) is 14.2. The molecule has 1 fully saturated rings. The number of hydrogen-bond acceptors (Lipinski definition) is 3. The predicted molar refractivity (Wildman–Crippen MR) is 86.1 cm³/mol. The van der Waals surface area contributed by atoms with E-state index in [1.165, 1.54) is 0 Å². The van der Waals surface area contributed by atoms with E-state index in [9.17, 15) is 13.2 Å². The van der Waals surface area contributed by atoms with Crippen molar-refractivity contribution in [3.63, 3.8) is 0 Å². The highest BCUT2D eigenvalue weighted by Crippen LogP contribution is 2.14. The molecule has 6 heteroatoms. The molecule has 0 radical (unpaired) electrons. The quantitative estimate of drug-likeness (QED) is 0.833. The molecular weight excluding hydrogens is 300 g/mol. The van der Waals surface area contributed by atoms with E-state index in [0.29, 0.717) is 19.4 Å². The average molecular weight is 324 g/mol. The Labute approximate surface area is 132 Å². The van der Waals surface area contributed by atoms with Gasteiger partial charge in [-0.15, -0.1) is 0 Å². The van der Waals surface area contributed by atoms with Crippen LogP contribution in [-0.4, -0.2) is 38.9 Å². The molecule has 22 heavy (non-hydrogen) atoms. The van der Waals surface area contributed by atoms with Gasteiger partial charge in [0.15, 0.2) is 0 Å². The number of carbonyl (C=O) groups is 1. The Morgan fingerprint density at radius 1 is 1.18 bits per heavy atom. The molecule has 2 rings (SSSR count). The molecule has 0 atom stereocenters. The van der Waals surface area contributed by atoms with Crippen LogP contribution in [0, 0.1) is 0 Å². The van der Waals surface area contributed by atoms with Gasteiger partial charge < -0.3 is 4.90 Å². The van der Waals surface area contributed by atoms with Crippen LogP contribution < -0.4 is 4.72 Å². The first-order chi connectivity index (χ1) is 10.5. The van der Waals surface area contributed by atoms with Crippen molar-refractivity contribution < 1.29 is 13.2 Å². The van der Waals surface area contributed by atoms with Crippen molar-refractivity contribution in [2.75, 3.05) is 19.6 Å². The lowest BCUT2D eigenvalue weighted by atomic mass is 10.1. The lowest BCUT2D eigenvalue weighted by molar-refractivity contribution is -0.130. The maximum Gasteiger partial charge on any atom is 0.240 e. The van der Waals surface area contributed by atoms with Crippen molar-refractivity contribution in [1.82, 2.24) is 9.62 Å². The molecule has 122 valence electrons. The van der Waals surface area contributed by atoms with Gasteiger partial charge in [-0.05, 0) is 43.4 Å². The minimum absolute atomic E-state index is 0.193. The minimum Gasteiger partial charge on any atom is -0.343 e. The van der Waals surface area contributed by atoms with Gasteiger partial charge in [-0.1, -0.05) is 19.1 Å². The summed E-state index contributed by atoms with van der Waals surface area (Å²) in [5, 5.41) is 0. The van der Waals surface area contributed by atoms with Gasteiger partial charge in [-0.25, -0.2) is 13.1 Å². The van der Waals surface area contributed by atoms with Crippen LogP contribution in [0.15, 0.2) is 29.2 Å². The van der Waals surface area contributed by atoms with E-state index in [1.807, 2.05) is 11.8 Å². The smallest absolute Gasteiger partial charge is 0.240 e. The fraction of sp³-hybridized carbons (Fsp3) is 0.562. The Balaban J connectivity index is 1.90. The molecule has 5 nitrogen and oxygen atoms in total. The van der Waals surface area contributed by atoms with Gasteiger partial charge in [0.25, 0.3) is 0 Å². The molecule has 1 N–H and O–H groups in total. The molecule has 1 saturated heterocycles. The van der Waals surface area contributed by atoms with Gasteiger partial charge in [0, 0.05) is 26.1 Å². The SMILES string of the molecule is CCCNS(=O)(=O)c1ccc(CCC(=O)N2CCCC2)cc1. The molecule has 0 spiro atoms. The number of likely N-dealkylation sites (tertiary alicyclic amines) is 1. The standard InChI is InChI=1S/C16H24N2O3S/c1-2-11-17-22(20,21)15-8-5-14(6-9-15)7-10-16(19)18-12-3-4-13-18/h5-6,8-9,17H,2-4,7,10-13H2,1H3. The number of aryl methyl sites for hydroxylation is 1. The number of sulfonamides is 1. The second kappa shape index (κ2) is 7.74. The number of nitrogens with zero attached hydrogens (tertiary/aromatic N) is 1. The largest absolute Gasteiger partial charge is 0.343 e. The van der Waals surface area contributed by atoms with Crippen molar-refractivity contribution in [3.05, 3.63) is 29.8 Å². The van der Waals surface area contributed by atoms with E-state index in [2.05, 4.69) is 4.72 Å². The fourth-order valence-corrected chi connectivity index (χ4v) is 3.66. The second-order valence-electron chi connectivity index (χ2n) is 5.63. The van der Waals surface area contributed by atoms with Crippen LogP contribution in [-0.2, 0) is 21.2 Å². The third kappa shape index (κ3) is 4.55. The van der Waals surface area contributed by atoms with E-state index >= 15 is 0 Å². The second-order valence-corrected chi connectivity index (χ2v) is 7.40. The van der Waals surface area contributed by atoms with Crippen LogP contribution in [0.1, 0.15) is 38.2 Å². The van der Waals surface area contributed by atoms with Crippen LogP contribution in [0.4, 0.5) is 0 Å². The van der Waals surface area contributed by atoms with E-state index < -0.39 is 10.0 Å². The molecule has 1 amide bonds. The number of hydrogen-bond donors (Lipinski definition) is 1. The summed E-state index contributed by atoms with van der Waals surface area (Å²) in [5.74, 6) is 0.193. The first-order valence-electron chi connectivity index (χ1n) is 7.89. The van der Waals surface area contributed by atoms with Crippen LogP contribution in [0.2, 0.25) is 0 Å². The Bertz CT molecular complexity index is 590. The molecule has 0 bridgehead atoms. The number of benzene rings is 1. The Kier molecular flexibility index (Phi) is 5.97. The lowest BCUT2D eigenvalue weighted by Gasteiger charge is -2.15. The monoisotopic (exact) mass is 324 g/mol. The Morgan fingerprint density at radius 3 is 2.41 bits per heavy atom. The molecule has 1 heterocycles. The minimum atomic E-state index is -3.41. The van der Waals surface area contributed by atoms with E-state index in [0.717, 1.165) is 37.9 Å². The van der Waals surface area contributed by atoms with Crippen LogP contribution in [0.3, 0.4) is 0 Å². The zero-order chi connectivity index (χ0) is 16.0. The summed E-state index contributed by atoms with van der Waals surface area (Å²) in [6.07, 6.45) is 4.10. The summed E-state index contributed by atoms with van der Waals surface area (Å²) in [6.45, 7) is 4.11. The predicted octanol–water partition coefficient (Wildman–Crippen LogP) is 1.93. The fourth-order valence-electron chi connectivity index (χ4n) is 2.53. The lowest BCUT2D eigenvalue weighted by Crippen LogP contribution is -2.27. The molecule has 1 aliphatic heterocycles. The normalized spacial score (nSPS) is 15.2. The molecule has 0 aliphatic carbocycles. The number of amides is 1. The molecule has 0 aromatic heterocycles. The maximum absolute atomic E-state index is 12.0. The first-order valence-corrected chi connectivity index (χ1v) is 9.37. The van der Waals surface area contributed by atoms with Crippen molar-refractivity contribution in [3.8, 4) is 0 Å². The van der Waals surface area contributed by atoms with Crippen LogP contribution in [0.5, 0.6) is 0 Å². The van der Waals surface area contributed by atoms with Gasteiger partial charge in [-0.2, -0.15) is 0 Å². The van der Waals surface area contributed by atoms with Gasteiger partial charge in [0.1, 0.15) is 0 Å². The van der Waals surface area contributed by atoms with Crippen molar-refractivity contribution in [2.24, 2.45) is 0 Å². The van der Waals surface area contributed by atoms with E-state index in [1.54, 1.807) is 24.3 Å². The highest BCUT2D eigenvalue weighted by atomic mass is 32.2.